The van der Waals surface area contributed by atoms with Gasteiger partial charge >= 0.3 is 5.69 Å². The maximum Gasteiger partial charge on any atom is 0.329 e. The highest BCUT2D eigenvalue weighted by atomic mass is 32.2. The van der Waals surface area contributed by atoms with Gasteiger partial charge < -0.3 is 15.0 Å². The van der Waals surface area contributed by atoms with Gasteiger partial charge in [-0.1, -0.05) is 39.0 Å². The number of Topliss-reactive ketones (excluding diaryl/α,β-unsaturated/α-hetero) is 1. The van der Waals surface area contributed by atoms with Crippen LogP contribution >= 0.6 is 11.8 Å². The molecule has 0 fully saturated rings. The van der Waals surface area contributed by atoms with Gasteiger partial charge in [-0.05, 0) is 36.6 Å². The number of aromatic amines is 1. The Morgan fingerprint density at radius 2 is 1.88 bits per heavy atom. The van der Waals surface area contributed by atoms with E-state index in [2.05, 4.69) is 22.1 Å². The van der Waals surface area contributed by atoms with Crippen LogP contribution in [0.1, 0.15) is 44.0 Å². The summed E-state index contributed by atoms with van der Waals surface area (Å²) < 4.78 is 8.42. The van der Waals surface area contributed by atoms with Gasteiger partial charge in [0.05, 0.1) is 12.9 Å². The molecule has 34 heavy (non-hydrogen) atoms. The molecule has 3 aromatic rings. The van der Waals surface area contributed by atoms with Crippen molar-refractivity contribution in [3.05, 3.63) is 50.7 Å². The van der Waals surface area contributed by atoms with E-state index in [1.165, 1.54) is 16.3 Å². The van der Waals surface area contributed by atoms with Crippen LogP contribution in [-0.2, 0) is 13.1 Å². The summed E-state index contributed by atoms with van der Waals surface area (Å²) in [5.41, 5.74) is 5.35. The number of hydrogen-bond acceptors (Lipinski definition) is 8. The Morgan fingerprint density at radius 3 is 2.50 bits per heavy atom. The molecule has 0 aliphatic carbocycles. The van der Waals surface area contributed by atoms with E-state index in [4.69, 9.17) is 10.5 Å². The van der Waals surface area contributed by atoms with Crippen molar-refractivity contribution in [3.8, 4) is 17.1 Å². The van der Waals surface area contributed by atoms with Crippen LogP contribution in [0.2, 0.25) is 0 Å². The predicted octanol–water partition coefficient (Wildman–Crippen LogP) is 2.82. The number of nitrogens with one attached hydrogen (secondary N) is 1. The summed E-state index contributed by atoms with van der Waals surface area (Å²) in [5.74, 6) is 0.882. The molecular formula is C23H30N6O4S. The Labute approximate surface area is 201 Å². The van der Waals surface area contributed by atoms with Crippen LogP contribution in [0.15, 0.2) is 39.0 Å². The Bertz CT molecular complexity index is 1260. The second kappa shape index (κ2) is 11.2. The number of H-pyrrole nitrogens is 1. The van der Waals surface area contributed by atoms with Gasteiger partial charge in [0.15, 0.2) is 16.8 Å². The highest BCUT2D eigenvalue weighted by Crippen LogP contribution is 2.27. The molecule has 0 unspecified atom stereocenters. The molecule has 3 N–H and O–H groups in total. The highest BCUT2D eigenvalue weighted by molar-refractivity contribution is 7.99. The number of ketones is 1. The van der Waals surface area contributed by atoms with Crippen LogP contribution in [0.4, 0.5) is 5.82 Å². The van der Waals surface area contributed by atoms with Crippen LogP contribution in [0, 0.1) is 5.92 Å². The second-order valence-corrected chi connectivity index (χ2v) is 9.22. The van der Waals surface area contributed by atoms with Crippen molar-refractivity contribution in [1.29, 1.82) is 0 Å². The van der Waals surface area contributed by atoms with Crippen molar-refractivity contribution < 1.29 is 9.53 Å². The first kappa shape index (κ1) is 25.3. The minimum atomic E-state index is -0.778. The van der Waals surface area contributed by atoms with Crippen molar-refractivity contribution in [2.75, 3.05) is 18.6 Å². The van der Waals surface area contributed by atoms with E-state index >= 15 is 0 Å². The number of carbonyl (C=O) groups excluding carboxylic acids is 1. The summed E-state index contributed by atoms with van der Waals surface area (Å²) in [6, 6.07) is 7.52. The second-order valence-electron chi connectivity index (χ2n) is 8.28. The average Bonchev–Trinajstić information content (AvgIpc) is 3.21. The summed E-state index contributed by atoms with van der Waals surface area (Å²) in [5, 5.41) is 9.20. The molecule has 3 rings (SSSR count). The SMILES string of the molecule is CCCCn1c(SCC(=O)c2c(N)n(CC(C)C)c(=O)[nH]c2=O)nnc1-c1ccc(OC)cc1. The van der Waals surface area contributed by atoms with E-state index in [0.717, 1.165) is 24.2 Å². The number of carbonyl (C=O) groups is 1. The van der Waals surface area contributed by atoms with Gasteiger partial charge in [0.1, 0.15) is 17.1 Å². The standard InChI is InChI=1S/C23H30N6O4S/c1-5-6-11-28-20(15-7-9-16(33-4)10-8-15)26-27-23(28)34-13-17(30)18-19(24)29(12-14(2)3)22(32)25-21(18)31/h7-10,14H,5-6,11-13,24H2,1-4H3,(H,25,31,32). The summed E-state index contributed by atoms with van der Waals surface area (Å²) in [7, 11) is 1.61. The molecule has 0 saturated carbocycles. The molecule has 0 aliphatic heterocycles. The molecule has 0 aliphatic rings. The maximum atomic E-state index is 13.0. The van der Waals surface area contributed by atoms with Gasteiger partial charge in [-0.2, -0.15) is 0 Å². The number of benzene rings is 1. The fraction of sp³-hybridized carbons (Fsp3) is 0.435. The first-order valence-electron chi connectivity index (χ1n) is 11.1. The zero-order chi connectivity index (χ0) is 24.8. The average molecular weight is 487 g/mol. The predicted molar refractivity (Wildman–Crippen MR) is 133 cm³/mol. The molecule has 2 aromatic heterocycles. The number of aromatic nitrogens is 5. The van der Waals surface area contributed by atoms with Gasteiger partial charge in [-0.3, -0.25) is 19.1 Å². The van der Waals surface area contributed by atoms with E-state index in [0.29, 0.717) is 24.1 Å². The summed E-state index contributed by atoms with van der Waals surface area (Å²) in [6.45, 7) is 6.90. The third kappa shape index (κ3) is 5.58. The molecule has 0 amide bonds. The number of hydrogen-bond donors (Lipinski definition) is 2. The number of nitrogen functional groups attached to an aromatic ring is 1. The lowest BCUT2D eigenvalue weighted by molar-refractivity contribution is 0.102. The Kier molecular flexibility index (Phi) is 8.32. The lowest BCUT2D eigenvalue weighted by Crippen LogP contribution is -2.37. The third-order valence-electron chi connectivity index (χ3n) is 5.20. The number of methoxy groups -OCH3 is 1. The van der Waals surface area contributed by atoms with Crippen molar-refractivity contribution in [1.82, 2.24) is 24.3 Å². The number of rotatable bonds is 11. The Morgan fingerprint density at radius 1 is 1.18 bits per heavy atom. The number of ether oxygens (including phenoxy) is 1. The minimum absolute atomic E-state index is 0.0694. The number of nitrogens with zero attached hydrogens (tertiary/aromatic N) is 4. The smallest absolute Gasteiger partial charge is 0.329 e. The molecule has 0 bridgehead atoms. The van der Waals surface area contributed by atoms with Crippen molar-refractivity contribution >= 4 is 23.4 Å². The Balaban J connectivity index is 1.88. The van der Waals surface area contributed by atoms with E-state index in [1.807, 2.05) is 42.7 Å². The van der Waals surface area contributed by atoms with Crippen molar-refractivity contribution in [2.24, 2.45) is 5.92 Å². The lowest BCUT2D eigenvalue weighted by Gasteiger charge is -2.14. The van der Waals surface area contributed by atoms with Gasteiger partial charge in [0.25, 0.3) is 5.56 Å². The van der Waals surface area contributed by atoms with Crippen molar-refractivity contribution in [3.63, 3.8) is 0 Å². The van der Waals surface area contributed by atoms with Gasteiger partial charge in [0.2, 0.25) is 0 Å². The first-order valence-corrected chi connectivity index (χ1v) is 12.1. The molecule has 0 radical (unpaired) electrons. The topological polar surface area (TPSA) is 138 Å². The lowest BCUT2D eigenvalue weighted by atomic mass is 10.2. The number of unbranched alkanes of at least 4 members (excludes halogenated alkanes) is 1. The zero-order valence-corrected chi connectivity index (χ0v) is 20.6. The summed E-state index contributed by atoms with van der Waals surface area (Å²) >= 11 is 1.18. The summed E-state index contributed by atoms with van der Waals surface area (Å²) in [4.78, 5) is 39.7. The number of thioether (sulfide) groups is 1. The highest BCUT2D eigenvalue weighted by Gasteiger charge is 2.22. The van der Waals surface area contributed by atoms with Crippen LogP contribution < -0.4 is 21.7 Å². The molecule has 0 spiro atoms. The maximum absolute atomic E-state index is 13.0. The summed E-state index contributed by atoms with van der Waals surface area (Å²) in [6.07, 6.45) is 1.89. The molecular weight excluding hydrogens is 456 g/mol. The largest absolute Gasteiger partial charge is 0.497 e. The van der Waals surface area contributed by atoms with Crippen LogP contribution in [0.3, 0.4) is 0 Å². The van der Waals surface area contributed by atoms with Gasteiger partial charge in [0, 0.05) is 18.7 Å². The molecule has 182 valence electrons. The number of nitrogens with two attached hydrogens (primary N) is 1. The van der Waals surface area contributed by atoms with Gasteiger partial charge in [-0.15, -0.1) is 10.2 Å². The molecule has 1 aromatic carbocycles. The van der Waals surface area contributed by atoms with E-state index in [1.54, 1.807) is 7.11 Å². The van der Waals surface area contributed by atoms with Crippen LogP contribution in [-0.4, -0.2) is 43.0 Å². The van der Waals surface area contributed by atoms with Crippen molar-refractivity contribution in [2.45, 2.75) is 51.9 Å². The van der Waals surface area contributed by atoms with E-state index in [9.17, 15) is 14.4 Å². The van der Waals surface area contributed by atoms with Crippen LogP contribution in [0.5, 0.6) is 5.75 Å². The zero-order valence-electron chi connectivity index (χ0n) is 19.8. The molecule has 2 heterocycles. The third-order valence-corrected chi connectivity index (χ3v) is 6.17. The molecule has 10 nitrogen and oxygen atoms in total. The molecule has 0 atom stereocenters. The normalized spacial score (nSPS) is 11.2. The van der Waals surface area contributed by atoms with E-state index < -0.39 is 17.0 Å². The van der Waals surface area contributed by atoms with Gasteiger partial charge in [-0.25, -0.2) is 4.79 Å². The first-order chi connectivity index (χ1) is 16.3. The molecule has 11 heteroatoms. The monoisotopic (exact) mass is 486 g/mol. The minimum Gasteiger partial charge on any atom is -0.497 e. The number of anilines is 1. The fourth-order valence-corrected chi connectivity index (χ4v) is 4.31. The fourth-order valence-electron chi connectivity index (χ4n) is 3.47. The van der Waals surface area contributed by atoms with E-state index in [-0.39, 0.29) is 23.1 Å². The quantitative estimate of drug-likeness (QED) is 0.312. The Hall–Kier alpha value is -3.34. The van der Waals surface area contributed by atoms with Crippen LogP contribution in [0.25, 0.3) is 11.4 Å². The molecule has 0 saturated heterocycles.